The van der Waals surface area contributed by atoms with Crippen molar-refractivity contribution >= 4 is 29.6 Å². The minimum Gasteiger partial charge on any atom is -0.244 e. The van der Waals surface area contributed by atoms with Crippen LogP contribution in [-0.4, -0.2) is 18.4 Å². The third kappa shape index (κ3) is 3.43. The maximum atomic E-state index is 12.6. The molecule has 0 saturated heterocycles. The third-order valence-corrected chi connectivity index (χ3v) is 5.76. The molecule has 0 fully saturated rings. The molecular weight excluding hydrogens is 277 g/mol. The lowest BCUT2D eigenvalue weighted by atomic mass is 10.4. The lowest BCUT2D eigenvalue weighted by Crippen LogP contribution is -2.06. The Morgan fingerprint density at radius 3 is 2.12 bits per heavy atom. The molecule has 1 rings (SSSR count). The number of hydrogen-bond acceptors (Lipinski definition) is 3. The summed E-state index contributed by atoms with van der Waals surface area (Å²) in [4.78, 5) is 0.139. The fraction of sp³-hybridized carbons (Fsp3) is 0.250. The van der Waals surface area contributed by atoms with E-state index in [4.69, 9.17) is 10.7 Å². The normalized spacial score (nSPS) is 15.4. The van der Waals surface area contributed by atoms with Gasteiger partial charge in [-0.3, -0.25) is 0 Å². The molecule has 8 heteroatoms. The average Bonchev–Trinajstić information content (AvgIpc) is 2.16. The van der Waals surface area contributed by atoms with Crippen LogP contribution < -0.4 is 0 Å². The Morgan fingerprint density at radius 2 is 1.75 bits per heavy atom. The highest BCUT2D eigenvalue weighted by molar-refractivity contribution is 8.17. The van der Waals surface area contributed by atoms with Crippen molar-refractivity contribution in [1.29, 1.82) is 0 Å². The van der Waals surface area contributed by atoms with Crippen LogP contribution in [-0.2, 0) is 19.0 Å². The molecule has 0 bridgehead atoms. The van der Waals surface area contributed by atoms with Crippen LogP contribution in [0.1, 0.15) is 6.92 Å². The van der Waals surface area contributed by atoms with E-state index in [2.05, 4.69) is 3.77 Å². The molecule has 16 heavy (non-hydrogen) atoms. The standard InChI is InChI=1S/C8H9ClFNO3S2/c1-2-15(12,11-16(9,13)14)8-5-3-7(10)4-6-8/h3-6H,2H2,1H3/t15-/m1/s1. The fourth-order valence-electron chi connectivity index (χ4n) is 1.05. The molecule has 0 radical (unpaired) electrons. The van der Waals surface area contributed by atoms with E-state index in [1.54, 1.807) is 0 Å². The topological polar surface area (TPSA) is 63.6 Å². The Labute approximate surface area is 98.2 Å². The van der Waals surface area contributed by atoms with Gasteiger partial charge in [-0.05, 0) is 24.3 Å². The maximum Gasteiger partial charge on any atom is 0.347 e. The van der Waals surface area contributed by atoms with Gasteiger partial charge in [0.15, 0.2) is 0 Å². The first-order chi connectivity index (χ1) is 7.27. The average molecular weight is 286 g/mol. The van der Waals surface area contributed by atoms with Gasteiger partial charge in [0.25, 0.3) is 0 Å². The molecule has 0 amide bonds. The highest BCUT2D eigenvalue weighted by Crippen LogP contribution is 2.17. The summed E-state index contributed by atoms with van der Waals surface area (Å²) in [7, 11) is -2.44. The van der Waals surface area contributed by atoms with Crippen molar-refractivity contribution in [2.24, 2.45) is 3.77 Å². The molecule has 1 aromatic rings. The number of rotatable bonds is 3. The molecule has 0 aliphatic carbocycles. The van der Waals surface area contributed by atoms with Crippen molar-refractivity contribution in [1.82, 2.24) is 0 Å². The smallest absolute Gasteiger partial charge is 0.244 e. The van der Waals surface area contributed by atoms with Gasteiger partial charge in [0.05, 0.1) is 9.73 Å². The van der Waals surface area contributed by atoms with E-state index in [0.717, 1.165) is 12.1 Å². The highest BCUT2D eigenvalue weighted by Gasteiger charge is 2.15. The van der Waals surface area contributed by atoms with Crippen LogP contribution in [0.25, 0.3) is 0 Å². The Bertz CT molecular complexity index is 588. The second kappa shape index (κ2) is 4.68. The van der Waals surface area contributed by atoms with Gasteiger partial charge in [-0.25, -0.2) is 8.60 Å². The highest BCUT2D eigenvalue weighted by atomic mass is 35.7. The van der Waals surface area contributed by atoms with Crippen molar-refractivity contribution in [2.45, 2.75) is 11.8 Å². The Balaban J connectivity index is 3.43. The molecule has 0 unspecified atom stereocenters. The second-order valence-corrected chi connectivity index (χ2v) is 7.79. The maximum absolute atomic E-state index is 12.6. The van der Waals surface area contributed by atoms with Crippen molar-refractivity contribution in [2.75, 3.05) is 5.75 Å². The number of benzene rings is 1. The van der Waals surface area contributed by atoms with E-state index < -0.39 is 24.8 Å². The van der Waals surface area contributed by atoms with E-state index in [-0.39, 0.29) is 10.6 Å². The van der Waals surface area contributed by atoms with Gasteiger partial charge in [0, 0.05) is 21.3 Å². The summed E-state index contributed by atoms with van der Waals surface area (Å²) in [6, 6.07) is 4.63. The largest absolute Gasteiger partial charge is 0.347 e. The monoisotopic (exact) mass is 285 g/mol. The molecule has 0 aliphatic rings. The van der Waals surface area contributed by atoms with Crippen molar-refractivity contribution in [3.8, 4) is 0 Å². The van der Waals surface area contributed by atoms with Crippen LogP contribution in [0.15, 0.2) is 32.9 Å². The zero-order valence-electron chi connectivity index (χ0n) is 8.26. The predicted octanol–water partition coefficient (Wildman–Crippen LogP) is 2.16. The Kier molecular flexibility index (Phi) is 3.92. The molecule has 1 aromatic carbocycles. The van der Waals surface area contributed by atoms with Gasteiger partial charge < -0.3 is 0 Å². The first kappa shape index (κ1) is 13.4. The van der Waals surface area contributed by atoms with Crippen LogP contribution in [0.2, 0.25) is 0 Å². The lowest BCUT2D eigenvalue weighted by molar-refractivity contribution is 0.611. The minimum absolute atomic E-state index is 0.0232. The summed E-state index contributed by atoms with van der Waals surface area (Å²) in [5, 5.41) is 0. The van der Waals surface area contributed by atoms with E-state index in [0.29, 0.717) is 0 Å². The summed E-state index contributed by atoms with van der Waals surface area (Å²) in [6.45, 7) is 1.51. The molecule has 0 aromatic heterocycles. The summed E-state index contributed by atoms with van der Waals surface area (Å²) in [5.74, 6) is -0.528. The SMILES string of the molecule is CC[S@](=O)(=NS(=O)(=O)Cl)c1ccc(F)cc1. The molecule has 1 atom stereocenters. The summed E-state index contributed by atoms with van der Waals surface area (Å²) < 4.78 is 49.5. The summed E-state index contributed by atoms with van der Waals surface area (Å²) in [5.41, 5.74) is 0. The molecule has 0 saturated carbocycles. The van der Waals surface area contributed by atoms with Gasteiger partial charge in [0.2, 0.25) is 0 Å². The van der Waals surface area contributed by atoms with Crippen LogP contribution in [0.3, 0.4) is 0 Å². The van der Waals surface area contributed by atoms with Crippen LogP contribution in [0.4, 0.5) is 4.39 Å². The summed E-state index contributed by atoms with van der Waals surface area (Å²) in [6.07, 6.45) is 0. The molecule has 90 valence electrons. The van der Waals surface area contributed by atoms with Gasteiger partial charge in [-0.2, -0.15) is 8.42 Å². The van der Waals surface area contributed by atoms with E-state index in [1.807, 2.05) is 0 Å². The zero-order chi connectivity index (χ0) is 12.4. The lowest BCUT2D eigenvalue weighted by Gasteiger charge is -2.05. The van der Waals surface area contributed by atoms with Gasteiger partial charge in [-0.15, -0.1) is 0 Å². The first-order valence-electron chi connectivity index (χ1n) is 4.23. The quantitative estimate of drug-likeness (QED) is 0.800. The summed E-state index contributed by atoms with van der Waals surface area (Å²) >= 11 is 0. The predicted molar refractivity (Wildman–Crippen MR) is 60.6 cm³/mol. The van der Waals surface area contributed by atoms with Crippen LogP contribution >= 0.6 is 10.7 Å². The third-order valence-electron chi connectivity index (χ3n) is 1.78. The van der Waals surface area contributed by atoms with Crippen molar-refractivity contribution in [3.63, 3.8) is 0 Å². The van der Waals surface area contributed by atoms with Gasteiger partial charge in [0.1, 0.15) is 5.82 Å². The van der Waals surface area contributed by atoms with Crippen LogP contribution in [0.5, 0.6) is 0 Å². The van der Waals surface area contributed by atoms with Gasteiger partial charge >= 0.3 is 9.24 Å². The second-order valence-electron chi connectivity index (χ2n) is 2.87. The molecular formula is C8H9ClFNO3S2. The van der Waals surface area contributed by atoms with E-state index in [9.17, 15) is 17.0 Å². The molecule has 0 spiro atoms. The van der Waals surface area contributed by atoms with Gasteiger partial charge in [-0.1, -0.05) is 10.7 Å². The molecule has 0 aliphatic heterocycles. The van der Waals surface area contributed by atoms with Crippen molar-refractivity contribution < 1.29 is 17.0 Å². The van der Waals surface area contributed by atoms with E-state index >= 15 is 0 Å². The minimum atomic E-state index is -4.22. The Hall–Kier alpha value is -0.660. The molecule has 0 heterocycles. The first-order valence-corrected chi connectivity index (χ1v) is 8.18. The van der Waals surface area contributed by atoms with Crippen molar-refractivity contribution in [3.05, 3.63) is 30.1 Å². The number of nitrogens with zero attached hydrogens (tertiary/aromatic N) is 1. The van der Waals surface area contributed by atoms with Crippen LogP contribution in [0, 0.1) is 5.82 Å². The number of halogens is 2. The zero-order valence-corrected chi connectivity index (χ0v) is 10.6. The van der Waals surface area contributed by atoms with E-state index in [1.165, 1.54) is 19.1 Å². The Morgan fingerprint density at radius 1 is 1.25 bits per heavy atom. The molecule has 0 N–H and O–H groups in total. The molecule has 4 nitrogen and oxygen atoms in total. The number of hydrogen-bond donors (Lipinski definition) is 0. The fourth-order valence-corrected chi connectivity index (χ4v) is 4.68.